The molecule has 4 aromatic rings. The van der Waals surface area contributed by atoms with E-state index < -0.39 is 0 Å². The Morgan fingerprint density at radius 2 is 1.85 bits per heavy atom. The summed E-state index contributed by atoms with van der Waals surface area (Å²) >= 11 is 1.85. The van der Waals surface area contributed by atoms with Crippen LogP contribution in [0.5, 0.6) is 5.75 Å². The Labute approximate surface area is 120 Å². The van der Waals surface area contributed by atoms with Crippen LogP contribution in [0, 0.1) is 0 Å². The molecule has 2 aromatic carbocycles. The van der Waals surface area contributed by atoms with Gasteiger partial charge in [-0.05, 0) is 30.3 Å². The van der Waals surface area contributed by atoms with Crippen LogP contribution in [0.25, 0.3) is 31.2 Å². The van der Waals surface area contributed by atoms with Crippen molar-refractivity contribution in [2.75, 3.05) is 7.11 Å². The van der Waals surface area contributed by atoms with Gasteiger partial charge in [-0.1, -0.05) is 12.1 Å². The van der Waals surface area contributed by atoms with Crippen LogP contribution in [-0.4, -0.2) is 7.11 Å². The summed E-state index contributed by atoms with van der Waals surface area (Å²) in [5.41, 5.74) is 2.49. The van der Waals surface area contributed by atoms with Crippen molar-refractivity contribution in [2.45, 2.75) is 0 Å². The van der Waals surface area contributed by atoms with E-state index in [0.717, 1.165) is 5.75 Å². The van der Waals surface area contributed by atoms with E-state index in [2.05, 4.69) is 54.1 Å². The molecule has 0 amide bonds. The van der Waals surface area contributed by atoms with Crippen LogP contribution in [0.2, 0.25) is 0 Å². The van der Waals surface area contributed by atoms with Crippen molar-refractivity contribution >= 4 is 42.5 Å². The molecular weight excluding hydrogens is 266 g/mol. The van der Waals surface area contributed by atoms with Gasteiger partial charge in [-0.3, -0.25) is 0 Å². The minimum Gasteiger partial charge on any atom is -0.497 e. The number of fused-ring (bicyclic) bond motifs is 4. The second kappa shape index (κ2) is 4.18. The minimum atomic E-state index is 0.895. The largest absolute Gasteiger partial charge is 0.497 e. The van der Waals surface area contributed by atoms with Crippen molar-refractivity contribution < 1.29 is 9.30 Å². The van der Waals surface area contributed by atoms with E-state index in [4.69, 9.17) is 4.74 Å². The second-order valence-corrected chi connectivity index (χ2v) is 6.02. The number of hydrogen-bond acceptors (Lipinski definition) is 2. The maximum atomic E-state index is 5.35. The van der Waals surface area contributed by atoms with Gasteiger partial charge in [-0.25, -0.2) is 0 Å². The third-order valence-corrected chi connectivity index (χ3v) is 4.92. The summed E-state index contributed by atoms with van der Waals surface area (Å²) in [7, 11) is 3.84. The minimum absolute atomic E-state index is 0.895. The van der Waals surface area contributed by atoms with Crippen molar-refractivity contribution in [3.05, 3.63) is 48.5 Å². The van der Waals surface area contributed by atoms with Gasteiger partial charge in [-0.2, -0.15) is 4.57 Å². The van der Waals surface area contributed by atoms with Gasteiger partial charge < -0.3 is 4.74 Å². The molecule has 0 atom stereocenters. The average molecular weight is 280 g/mol. The van der Waals surface area contributed by atoms with Crippen molar-refractivity contribution in [2.24, 2.45) is 7.05 Å². The van der Waals surface area contributed by atoms with E-state index in [1.165, 1.54) is 31.2 Å². The molecule has 20 heavy (non-hydrogen) atoms. The fourth-order valence-electron chi connectivity index (χ4n) is 2.82. The Morgan fingerprint density at radius 1 is 1.00 bits per heavy atom. The molecule has 0 fully saturated rings. The van der Waals surface area contributed by atoms with Gasteiger partial charge in [0.05, 0.1) is 18.6 Å². The Balaban J connectivity index is 2.23. The van der Waals surface area contributed by atoms with Crippen LogP contribution in [0.4, 0.5) is 0 Å². The van der Waals surface area contributed by atoms with Gasteiger partial charge in [0.2, 0.25) is 11.0 Å². The molecule has 0 aliphatic carbocycles. The number of pyridine rings is 1. The summed E-state index contributed by atoms with van der Waals surface area (Å²) in [6.07, 6.45) is 0. The van der Waals surface area contributed by atoms with Gasteiger partial charge >= 0.3 is 0 Å². The molecule has 4 rings (SSSR count). The number of methoxy groups -OCH3 is 1. The van der Waals surface area contributed by atoms with E-state index in [-0.39, 0.29) is 0 Å². The molecule has 0 unspecified atom stereocenters. The first-order chi connectivity index (χ1) is 9.78. The van der Waals surface area contributed by atoms with E-state index in [0.29, 0.717) is 0 Å². The standard InChI is InChI=1S/C17H14NOS/c1-18-14-10-12(19-2)8-7-11(14)9-16-17(18)13-5-3-4-6-15(13)20-16/h3-10H,1-2H3/q+1. The molecule has 0 N–H and O–H groups in total. The van der Waals surface area contributed by atoms with Crippen LogP contribution in [0.15, 0.2) is 48.5 Å². The van der Waals surface area contributed by atoms with Crippen molar-refractivity contribution in [1.29, 1.82) is 0 Å². The van der Waals surface area contributed by atoms with E-state index in [9.17, 15) is 0 Å². The summed E-state index contributed by atoms with van der Waals surface area (Å²) in [6.45, 7) is 0. The third-order valence-electron chi connectivity index (χ3n) is 3.82. The molecule has 2 heterocycles. The van der Waals surface area contributed by atoms with Gasteiger partial charge in [0.1, 0.15) is 17.5 Å². The van der Waals surface area contributed by atoms with Crippen LogP contribution >= 0.6 is 11.3 Å². The molecule has 0 saturated heterocycles. The zero-order valence-electron chi connectivity index (χ0n) is 11.4. The fourth-order valence-corrected chi connectivity index (χ4v) is 4.01. The lowest BCUT2D eigenvalue weighted by Gasteiger charge is -2.02. The molecule has 98 valence electrons. The summed E-state index contributed by atoms with van der Waals surface area (Å²) < 4.78 is 10.3. The SMILES string of the molecule is COc1ccc2cc3sc4ccccc4c3[n+](C)c2c1. The molecule has 3 heteroatoms. The number of rotatable bonds is 1. The predicted octanol–water partition coefficient (Wildman–Crippen LogP) is 4.04. The van der Waals surface area contributed by atoms with Crippen molar-refractivity contribution in [3.8, 4) is 5.75 Å². The molecule has 2 nitrogen and oxygen atoms in total. The first kappa shape index (κ1) is 11.7. The Kier molecular flexibility index (Phi) is 2.44. The summed E-state index contributed by atoms with van der Waals surface area (Å²) in [5, 5.41) is 2.56. The molecule has 0 aliphatic rings. The topological polar surface area (TPSA) is 13.1 Å². The average Bonchev–Trinajstić information content (AvgIpc) is 2.85. The number of aromatic nitrogens is 1. The lowest BCUT2D eigenvalue weighted by molar-refractivity contribution is -0.616. The smallest absolute Gasteiger partial charge is 0.231 e. The number of hydrogen-bond donors (Lipinski definition) is 0. The van der Waals surface area contributed by atoms with E-state index in [1.54, 1.807) is 7.11 Å². The van der Waals surface area contributed by atoms with Gasteiger partial charge in [0, 0.05) is 10.1 Å². The fraction of sp³-hybridized carbons (Fsp3) is 0.118. The lowest BCUT2D eigenvalue weighted by Crippen LogP contribution is -2.29. The third kappa shape index (κ3) is 1.53. The number of nitrogens with zero attached hydrogens (tertiary/aromatic N) is 1. The molecule has 0 saturated carbocycles. The van der Waals surface area contributed by atoms with Gasteiger partial charge in [0.15, 0.2) is 0 Å². The normalized spacial score (nSPS) is 11.5. The Hall–Kier alpha value is -2.13. The van der Waals surface area contributed by atoms with E-state index >= 15 is 0 Å². The van der Waals surface area contributed by atoms with Gasteiger partial charge in [0.25, 0.3) is 0 Å². The summed E-state index contributed by atoms with van der Waals surface area (Å²) in [4.78, 5) is 0. The van der Waals surface area contributed by atoms with E-state index in [1.807, 2.05) is 17.4 Å². The van der Waals surface area contributed by atoms with Crippen LogP contribution < -0.4 is 9.30 Å². The highest BCUT2D eigenvalue weighted by Crippen LogP contribution is 2.33. The summed E-state index contributed by atoms with van der Waals surface area (Å²) in [5.74, 6) is 0.895. The first-order valence-corrected chi connectivity index (χ1v) is 7.37. The number of ether oxygens (including phenoxy) is 1. The zero-order chi connectivity index (χ0) is 13.7. The molecule has 0 spiro atoms. The lowest BCUT2D eigenvalue weighted by atomic mass is 10.1. The number of benzene rings is 2. The predicted molar refractivity (Wildman–Crippen MR) is 84.6 cm³/mol. The monoisotopic (exact) mass is 280 g/mol. The summed E-state index contributed by atoms with van der Waals surface area (Å²) in [6, 6.07) is 17.1. The maximum absolute atomic E-state index is 5.35. The highest BCUT2D eigenvalue weighted by molar-refractivity contribution is 7.25. The molecule has 0 aliphatic heterocycles. The molecule has 2 aromatic heterocycles. The maximum Gasteiger partial charge on any atom is 0.231 e. The first-order valence-electron chi connectivity index (χ1n) is 6.56. The van der Waals surface area contributed by atoms with Crippen LogP contribution in [0.1, 0.15) is 0 Å². The van der Waals surface area contributed by atoms with Crippen molar-refractivity contribution in [3.63, 3.8) is 0 Å². The van der Waals surface area contributed by atoms with Gasteiger partial charge in [-0.15, -0.1) is 11.3 Å². The number of aryl methyl sites for hydroxylation is 1. The molecule has 0 radical (unpaired) electrons. The Bertz CT molecular complexity index is 955. The Morgan fingerprint density at radius 3 is 2.70 bits per heavy atom. The second-order valence-electron chi connectivity index (χ2n) is 4.94. The molecule has 0 bridgehead atoms. The highest BCUT2D eigenvalue weighted by atomic mass is 32.1. The van der Waals surface area contributed by atoms with Crippen LogP contribution in [0.3, 0.4) is 0 Å². The zero-order valence-corrected chi connectivity index (χ0v) is 12.2. The highest BCUT2D eigenvalue weighted by Gasteiger charge is 2.17. The van der Waals surface area contributed by atoms with Crippen molar-refractivity contribution in [1.82, 2.24) is 0 Å². The quantitative estimate of drug-likeness (QED) is 0.480. The number of thiophene rings is 1. The van der Waals surface area contributed by atoms with Crippen LogP contribution in [-0.2, 0) is 7.05 Å². The molecular formula is C17H14NOS+.